The summed E-state index contributed by atoms with van der Waals surface area (Å²) in [6, 6.07) is 3.92. The Labute approximate surface area is 71.2 Å². The van der Waals surface area contributed by atoms with Crippen molar-refractivity contribution in [3.8, 4) is 0 Å². The summed E-state index contributed by atoms with van der Waals surface area (Å²) >= 11 is 1.38. The van der Waals surface area contributed by atoms with E-state index in [9.17, 15) is 0 Å². The van der Waals surface area contributed by atoms with E-state index in [0.29, 0.717) is 0 Å². The zero-order valence-electron chi connectivity index (χ0n) is 6.65. The minimum absolute atomic E-state index is 0.124. The SMILES string of the molecule is CSOC(C)c1cccnc1. The molecular formula is C8H11NOS. The topological polar surface area (TPSA) is 22.1 Å². The third-order valence-corrected chi connectivity index (χ3v) is 1.88. The van der Waals surface area contributed by atoms with Crippen molar-refractivity contribution in [2.24, 2.45) is 0 Å². The van der Waals surface area contributed by atoms with E-state index in [2.05, 4.69) is 4.98 Å². The van der Waals surface area contributed by atoms with Gasteiger partial charge in [-0.3, -0.25) is 4.98 Å². The molecule has 2 nitrogen and oxygen atoms in total. The van der Waals surface area contributed by atoms with E-state index in [4.69, 9.17) is 4.18 Å². The van der Waals surface area contributed by atoms with Crippen molar-refractivity contribution in [3.63, 3.8) is 0 Å². The molecule has 0 bridgehead atoms. The van der Waals surface area contributed by atoms with Crippen LogP contribution in [-0.2, 0) is 4.18 Å². The summed E-state index contributed by atoms with van der Waals surface area (Å²) in [5.41, 5.74) is 1.11. The van der Waals surface area contributed by atoms with Gasteiger partial charge in [-0.25, -0.2) is 0 Å². The van der Waals surface area contributed by atoms with Crippen LogP contribution in [0.25, 0.3) is 0 Å². The van der Waals surface area contributed by atoms with Crippen LogP contribution in [0.3, 0.4) is 0 Å². The normalized spacial score (nSPS) is 12.9. The maximum atomic E-state index is 5.30. The molecule has 0 aliphatic rings. The molecule has 0 aliphatic heterocycles. The molecule has 3 heteroatoms. The Hall–Kier alpha value is -0.540. The van der Waals surface area contributed by atoms with Gasteiger partial charge in [-0.1, -0.05) is 6.07 Å². The lowest BCUT2D eigenvalue weighted by Crippen LogP contribution is -1.93. The maximum absolute atomic E-state index is 5.30. The molecule has 0 saturated heterocycles. The molecule has 0 spiro atoms. The number of hydrogen-bond acceptors (Lipinski definition) is 3. The third kappa shape index (κ3) is 2.52. The lowest BCUT2D eigenvalue weighted by atomic mass is 10.2. The van der Waals surface area contributed by atoms with Gasteiger partial charge in [-0.05, 0) is 25.0 Å². The van der Waals surface area contributed by atoms with Crippen LogP contribution in [0.2, 0.25) is 0 Å². The molecule has 0 amide bonds. The van der Waals surface area contributed by atoms with E-state index in [1.807, 2.05) is 31.5 Å². The van der Waals surface area contributed by atoms with E-state index >= 15 is 0 Å². The van der Waals surface area contributed by atoms with Gasteiger partial charge >= 0.3 is 0 Å². The fraction of sp³-hybridized carbons (Fsp3) is 0.375. The summed E-state index contributed by atoms with van der Waals surface area (Å²) in [6.07, 6.45) is 5.61. The molecule has 1 atom stereocenters. The summed E-state index contributed by atoms with van der Waals surface area (Å²) in [5.74, 6) is 0. The quantitative estimate of drug-likeness (QED) is 0.649. The number of pyridine rings is 1. The molecule has 1 aromatic rings. The van der Waals surface area contributed by atoms with Crippen LogP contribution >= 0.6 is 12.0 Å². The zero-order chi connectivity index (χ0) is 8.10. The highest BCUT2D eigenvalue weighted by Gasteiger charge is 2.03. The minimum Gasteiger partial charge on any atom is -0.308 e. The fourth-order valence-electron chi connectivity index (χ4n) is 0.816. The first-order chi connectivity index (χ1) is 5.34. The number of nitrogens with zero attached hydrogens (tertiary/aromatic N) is 1. The predicted octanol–water partition coefficient (Wildman–Crippen LogP) is 2.44. The van der Waals surface area contributed by atoms with Crippen molar-refractivity contribution in [1.82, 2.24) is 4.98 Å². The van der Waals surface area contributed by atoms with Crippen LogP contribution in [0.4, 0.5) is 0 Å². The van der Waals surface area contributed by atoms with Gasteiger partial charge in [-0.2, -0.15) is 0 Å². The van der Waals surface area contributed by atoms with Crippen LogP contribution in [-0.4, -0.2) is 11.2 Å². The highest BCUT2D eigenvalue weighted by atomic mass is 32.2. The minimum atomic E-state index is 0.124. The second-order valence-electron chi connectivity index (χ2n) is 2.19. The molecule has 0 aromatic carbocycles. The largest absolute Gasteiger partial charge is 0.308 e. The smallest absolute Gasteiger partial charge is 0.0958 e. The first-order valence-corrected chi connectivity index (χ1v) is 4.59. The molecular weight excluding hydrogens is 158 g/mol. The van der Waals surface area contributed by atoms with Crippen LogP contribution in [0.1, 0.15) is 18.6 Å². The molecule has 0 N–H and O–H groups in total. The predicted molar refractivity (Wildman–Crippen MR) is 47.3 cm³/mol. The molecule has 1 unspecified atom stereocenters. The summed E-state index contributed by atoms with van der Waals surface area (Å²) in [6.45, 7) is 2.01. The Balaban J connectivity index is 2.61. The first-order valence-electron chi connectivity index (χ1n) is 3.44. The maximum Gasteiger partial charge on any atom is 0.0958 e. The van der Waals surface area contributed by atoms with Crippen molar-refractivity contribution >= 4 is 12.0 Å². The Morgan fingerprint density at radius 2 is 2.45 bits per heavy atom. The molecule has 0 fully saturated rings. The van der Waals surface area contributed by atoms with E-state index in [0.717, 1.165) is 5.56 Å². The van der Waals surface area contributed by atoms with Crippen LogP contribution in [0, 0.1) is 0 Å². The number of rotatable bonds is 3. The summed E-state index contributed by atoms with van der Waals surface area (Å²) in [4.78, 5) is 4.00. The van der Waals surface area contributed by atoms with Crippen molar-refractivity contribution in [3.05, 3.63) is 30.1 Å². The van der Waals surface area contributed by atoms with Gasteiger partial charge in [0, 0.05) is 24.2 Å². The summed E-state index contributed by atoms with van der Waals surface area (Å²) < 4.78 is 5.30. The zero-order valence-corrected chi connectivity index (χ0v) is 7.47. The molecule has 1 heterocycles. The Kier molecular flexibility index (Phi) is 3.39. The molecule has 1 aromatic heterocycles. The van der Waals surface area contributed by atoms with Gasteiger partial charge in [0.15, 0.2) is 0 Å². The Morgan fingerprint density at radius 1 is 1.64 bits per heavy atom. The number of hydrogen-bond donors (Lipinski definition) is 0. The molecule has 11 heavy (non-hydrogen) atoms. The van der Waals surface area contributed by atoms with Crippen molar-refractivity contribution in [2.75, 3.05) is 6.26 Å². The summed E-state index contributed by atoms with van der Waals surface area (Å²) in [5, 5.41) is 0. The van der Waals surface area contributed by atoms with E-state index in [1.165, 1.54) is 12.0 Å². The van der Waals surface area contributed by atoms with Gasteiger partial charge in [0.1, 0.15) is 0 Å². The molecule has 1 rings (SSSR count). The lowest BCUT2D eigenvalue weighted by molar-refractivity contribution is 0.273. The summed E-state index contributed by atoms with van der Waals surface area (Å²) in [7, 11) is 0. The van der Waals surface area contributed by atoms with Gasteiger partial charge in [-0.15, -0.1) is 0 Å². The van der Waals surface area contributed by atoms with Crippen molar-refractivity contribution < 1.29 is 4.18 Å². The van der Waals surface area contributed by atoms with E-state index in [-0.39, 0.29) is 6.10 Å². The van der Waals surface area contributed by atoms with Gasteiger partial charge in [0.2, 0.25) is 0 Å². The fourth-order valence-corrected chi connectivity index (χ4v) is 1.22. The lowest BCUT2D eigenvalue weighted by Gasteiger charge is -2.08. The van der Waals surface area contributed by atoms with Gasteiger partial charge < -0.3 is 4.18 Å². The van der Waals surface area contributed by atoms with Crippen LogP contribution in [0.15, 0.2) is 24.5 Å². The average Bonchev–Trinajstić information content (AvgIpc) is 2.07. The molecule has 0 saturated carbocycles. The third-order valence-electron chi connectivity index (χ3n) is 1.39. The second-order valence-corrected chi connectivity index (χ2v) is 2.72. The first kappa shape index (κ1) is 8.56. The second kappa shape index (κ2) is 4.36. The van der Waals surface area contributed by atoms with Crippen molar-refractivity contribution in [2.45, 2.75) is 13.0 Å². The van der Waals surface area contributed by atoms with Crippen molar-refractivity contribution in [1.29, 1.82) is 0 Å². The van der Waals surface area contributed by atoms with Gasteiger partial charge in [0.05, 0.1) is 6.10 Å². The molecule has 0 radical (unpaired) electrons. The highest BCUT2D eigenvalue weighted by molar-refractivity contribution is 7.93. The Bertz CT molecular complexity index is 203. The van der Waals surface area contributed by atoms with Crippen LogP contribution < -0.4 is 0 Å². The monoisotopic (exact) mass is 169 g/mol. The molecule has 60 valence electrons. The number of aromatic nitrogens is 1. The average molecular weight is 169 g/mol. The standard InChI is InChI=1S/C8H11NOS/c1-7(10-11-2)8-4-3-5-9-6-8/h3-7H,1-2H3. The van der Waals surface area contributed by atoms with Gasteiger partial charge in [0.25, 0.3) is 0 Å². The molecule has 0 aliphatic carbocycles. The Morgan fingerprint density at radius 3 is 3.00 bits per heavy atom. The van der Waals surface area contributed by atoms with E-state index < -0.39 is 0 Å². The van der Waals surface area contributed by atoms with E-state index in [1.54, 1.807) is 6.20 Å². The van der Waals surface area contributed by atoms with Crippen LogP contribution in [0.5, 0.6) is 0 Å². The highest BCUT2D eigenvalue weighted by Crippen LogP contribution is 2.18.